The summed E-state index contributed by atoms with van der Waals surface area (Å²) in [5.74, 6) is 0.453. The zero-order valence-corrected chi connectivity index (χ0v) is 10.9. The molecule has 0 unspecified atom stereocenters. The minimum atomic E-state index is -0.215. The fraction of sp³-hybridized carbons (Fsp3) is 0.250. The highest BCUT2D eigenvalue weighted by Crippen LogP contribution is 2.37. The average Bonchev–Trinajstić information content (AvgIpc) is 2.36. The average molecular weight is 277 g/mol. The summed E-state index contributed by atoms with van der Waals surface area (Å²) in [6.07, 6.45) is 0. The molecule has 0 radical (unpaired) electrons. The van der Waals surface area contributed by atoms with Gasteiger partial charge in [-0.25, -0.2) is 4.99 Å². The molecule has 0 saturated carbocycles. The number of carbonyl (C=O) groups excluding carboxylic acids is 1. The van der Waals surface area contributed by atoms with Gasteiger partial charge in [-0.3, -0.25) is 4.79 Å². The highest BCUT2D eigenvalue weighted by molar-refractivity contribution is 6.01. The maximum Gasteiger partial charge on any atom is 0.223 e. The fourth-order valence-corrected chi connectivity index (χ4v) is 1.73. The molecular formula is C12H15N5O3. The van der Waals surface area contributed by atoms with Crippen LogP contribution in [-0.2, 0) is 0 Å². The lowest BCUT2D eigenvalue weighted by atomic mass is 10.1. The largest absolute Gasteiger partial charge is 0.486 e. The van der Waals surface area contributed by atoms with E-state index in [4.69, 9.17) is 26.7 Å². The van der Waals surface area contributed by atoms with Crippen LogP contribution >= 0.6 is 0 Å². The van der Waals surface area contributed by atoms with Gasteiger partial charge in [-0.05, 0) is 13.0 Å². The van der Waals surface area contributed by atoms with E-state index in [0.717, 1.165) is 0 Å². The Labute approximate surface area is 115 Å². The van der Waals surface area contributed by atoms with Crippen molar-refractivity contribution in [3.63, 3.8) is 0 Å². The van der Waals surface area contributed by atoms with Gasteiger partial charge in [0.2, 0.25) is 5.96 Å². The van der Waals surface area contributed by atoms with Crippen molar-refractivity contribution in [2.45, 2.75) is 6.92 Å². The molecule has 8 nitrogen and oxygen atoms in total. The summed E-state index contributed by atoms with van der Waals surface area (Å²) in [5, 5.41) is 0. The number of ketones is 1. The van der Waals surface area contributed by atoms with Crippen LogP contribution in [0.25, 0.3) is 0 Å². The van der Waals surface area contributed by atoms with Gasteiger partial charge in [-0.1, -0.05) is 0 Å². The molecule has 0 aliphatic carbocycles. The molecule has 20 heavy (non-hydrogen) atoms. The number of guanidine groups is 2. The Balaban J connectivity index is 2.50. The number of Topliss-reactive ketones (excluding diaryl/α,β-unsaturated/α-hetero) is 1. The van der Waals surface area contributed by atoms with Gasteiger partial charge in [-0.2, -0.15) is 4.99 Å². The monoisotopic (exact) mass is 277 g/mol. The van der Waals surface area contributed by atoms with E-state index in [1.165, 1.54) is 6.92 Å². The van der Waals surface area contributed by atoms with Crippen molar-refractivity contribution in [1.29, 1.82) is 0 Å². The van der Waals surface area contributed by atoms with E-state index in [1.807, 2.05) is 0 Å². The lowest BCUT2D eigenvalue weighted by molar-refractivity contribution is 0.101. The van der Waals surface area contributed by atoms with Crippen LogP contribution in [0.5, 0.6) is 11.5 Å². The van der Waals surface area contributed by atoms with Gasteiger partial charge in [0.15, 0.2) is 23.2 Å². The van der Waals surface area contributed by atoms with Crippen molar-refractivity contribution in [2.75, 3.05) is 13.2 Å². The summed E-state index contributed by atoms with van der Waals surface area (Å²) in [4.78, 5) is 19.3. The minimum absolute atomic E-state index is 0.149. The van der Waals surface area contributed by atoms with Gasteiger partial charge in [0.1, 0.15) is 13.2 Å². The van der Waals surface area contributed by atoms with E-state index in [2.05, 4.69) is 9.98 Å². The number of fused-ring (bicyclic) bond motifs is 1. The maximum atomic E-state index is 11.7. The van der Waals surface area contributed by atoms with E-state index in [0.29, 0.717) is 36.0 Å². The number of hydrogen-bond acceptors (Lipinski definition) is 4. The second kappa shape index (κ2) is 5.47. The van der Waals surface area contributed by atoms with Crippen molar-refractivity contribution in [3.05, 3.63) is 17.7 Å². The quantitative estimate of drug-likeness (QED) is 0.391. The lowest BCUT2D eigenvalue weighted by Gasteiger charge is -2.19. The number of nitrogens with zero attached hydrogens (tertiary/aromatic N) is 2. The summed E-state index contributed by atoms with van der Waals surface area (Å²) in [7, 11) is 0. The zero-order chi connectivity index (χ0) is 14.7. The molecule has 0 fully saturated rings. The summed E-state index contributed by atoms with van der Waals surface area (Å²) >= 11 is 0. The molecule has 0 saturated heterocycles. The minimum Gasteiger partial charge on any atom is -0.486 e. The Kier molecular flexibility index (Phi) is 3.74. The lowest BCUT2D eigenvalue weighted by Crippen LogP contribution is -2.26. The van der Waals surface area contributed by atoms with Crippen molar-refractivity contribution >= 4 is 23.4 Å². The first-order valence-electron chi connectivity index (χ1n) is 5.85. The van der Waals surface area contributed by atoms with Gasteiger partial charge < -0.3 is 26.7 Å². The standard InChI is InChI=1S/C12H15N5O3/c1-6(18)7-4-9-10(20-3-2-19-9)5-8(7)16-12(15)17-11(13)14/h4-5H,2-3H2,1H3,(H6,13,14,15,16,17). The van der Waals surface area contributed by atoms with Crippen molar-refractivity contribution in [1.82, 2.24) is 0 Å². The van der Waals surface area contributed by atoms with E-state index >= 15 is 0 Å². The smallest absolute Gasteiger partial charge is 0.223 e. The Morgan fingerprint density at radius 2 is 1.75 bits per heavy atom. The van der Waals surface area contributed by atoms with E-state index in [1.54, 1.807) is 12.1 Å². The molecule has 0 aromatic heterocycles. The molecule has 1 aliphatic heterocycles. The Morgan fingerprint density at radius 1 is 1.15 bits per heavy atom. The third-order valence-electron chi connectivity index (χ3n) is 2.52. The predicted molar refractivity (Wildman–Crippen MR) is 74.5 cm³/mol. The second-order valence-corrected chi connectivity index (χ2v) is 4.08. The Bertz CT molecular complexity index is 605. The van der Waals surface area contributed by atoms with Crippen LogP contribution in [-0.4, -0.2) is 30.9 Å². The van der Waals surface area contributed by atoms with Crippen LogP contribution < -0.4 is 26.7 Å². The molecule has 8 heteroatoms. The molecule has 1 aromatic rings. The van der Waals surface area contributed by atoms with Gasteiger partial charge in [-0.15, -0.1) is 0 Å². The van der Waals surface area contributed by atoms with Crippen LogP contribution in [0.1, 0.15) is 17.3 Å². The molecule has 6 N–H and O–H groups in total. The van der Waals surface area contributed by atoms with Crippen molar-refractivity contribution < 1.29 is 14.3 Å². The van der Waals surface area contributed by atoms with E-state index < -0.39 is 0 Å². The van der Waals surface area contributed by atoms with Crippen LogP contribution in [0.4, 0.5) is 5.69 Å². The molecule has 0 atom stereocenters. The normalized spacial score (nSPS) is 13.8. The molecule has 1 aliphatic rings. The molecule has 1 heterocycles. The van der Waals surface area contributed by atoms with Crippen LogP contribution in [0.2, 0.25) is 0 Å². The first-order valence-corrected chi connectivity index (χ1v) is 5.85. The van der Waals surface area contributed by atoms with E-state index in [9.17, 15) is 4.79 Å². The number of ether oxygens (including phenoxy) is 2. The summed E-state index contributed by atoms with van der Waals surface area (Å²) in [6.45, 7) is 2.28. The van der Waals surface area contributed by atoms with Crippen molar-refractivity contribution in [2.24, 2.45) is 27.2 Å². The third kappa shape index (κ3) is 2.97. The highest BCUT2D eigenvalue weighted by atomic mass is 16.6. The number of hydrogen-bond donors (Lipinski definition) is 3. The Morgan fingerprint density at radius 3 is 2.30 bits per heavy atom. The van der Waals surface area contributed by atoms with Gasteiger partial charge in [0.25, 0.3) is 0 Å². The first-order chi connectivity index (χ1) is 9.47. The molecule has 0 bridgehead atoms. The number of rotatable bonds is 2. The molecule has 2 rings (SSSR count). The molecule has 1 aromatic carbocycles. The van der Waals surface area contributed by atoms with Gasteiger partial charge in [0.05, 0.1) is 5.69 Å². The SMILES string of the molecule is CC(=O)c1cc2c(cc1N=C(N)N=C(N)N)OCCO2. The number of carbonyl (C=O) groups is 1. The zero-order valence-electron chi connectivity index (χ0n) is 10.9. The molecular weight excluding hydrogens is 262 g/mol. The fourth-order valence-electron chi connectivity index (χ4n) is 1.73. The highest BCUT2D eigenvalue weighted by Gasteiger charge is 2.18. The third-order valence-corrected chi connectivity index (χ3v) is 2.52. The Hall–Kier alpha value is -2.77. The predicted octanol–water partition coefficient (Wildman–Crippen LogP) is -0.120. The maximum absolute atomic E-state index is 11.7. The van der Waals surface area contributed by atoms with Crippen LogP contribution in [0, 0.1) is 0 Å². The van der Waals surface area contributed by atoms with Gasteiger partial charge in [0, 0.05) is 11.6 Å². The second-order valence-electron chi connectivity index (χ2n) is 4.08. The summed E-state index contributed by atoms with van der Waals surface area (Å²) in [6, 6.07) is 3.14. The molecule has 106 valence electrons. The number of nitrogens with two attached hydrogens (primary N) is 3. The number of benzene rings is 1. The van der Waals surface area contributed by atoms with Gasteiger partial charge >= 0.3 is 0 Å². The molecule has 0 spiro atoms. The topological polar surface area (TPSA) is 138 Å². The van der Waals surface area contributed by atoms with E-state index in [-0.39, 0.29) is 17.7 Å². The van der Waals surface area contributed by atoms with Crippen LogP contribution in [0.15, 0.2) is 22.1 Å². The summed E-state index contributed by atoms with van der Waals surface area (Å²) in [5.41, 5.74) is 16.7. The first kappa shape index (κ1) is 13.7. The van der Waals surface area contributed by atoms with Crippen molar-refractivity contribution in [3.8, 4) is 11.5 Å². The summed E-state index contributed by atoms with van der Waals surface area (Å²) < 4.78 is 10.8. The van der Waals surface area contributed by atoms with Crippen LogP contribution in [0.3, 0.4) is 0 Å². The number of aliphatic imine (C=N–C) groups is 2. The molecule has 0 amide bonds.